The minimum absolute atomic E-state index is 0.0223. The lowest BCUT2D eigenvalue weighted by molar-refractivity contribution is 0.0692. The highest BCUT2D eigenvalue weighted by Crippen LogP contribution is 2.39. The summed E-state index contributed by atoms with van der Waals surface area (Å²) < 4.78 is 20.4. The molecule has 0 saturated heterocycles. The molecule has 4 rings (SSSR count). The number of ether oxygens (including phenoxy) is 1. The Balaban J connectivity index is 1.87. The van der Waals surface area contributed by atoms with Crippen LogP contribution in [0.2, 0.25) is 5.02 Å². The van der Waals surface area contributed by atoms with Gasteiger partial charge in [-0.25, -0.2) is 9.18 Å². The molecule has 0 aliphatic heterocycles. The summed E-state index contributed by atoms with van der Waals surface area (Å²) in [6.07, 6.45) is 0. The molecule has 0 unspecified atom stereocenters. The SMILES string of the molecule is Cc1ccc(Cl)c(COc2c(C(=O)O)cc(-c3ccsc3)c3ccccc23)c1F. The van der Waals surface area contributed by atoms with Gasteiger partial charge >= 0.3 is 5.97 Å². The van der Waals surface area contributed by atoms with Gasteiger partial charge in [0.05, 0.1) is 5.02 Å². The van der Waals surface area contributed by atoms with Crippen molar-refractivity contribution in [1.29, 1.82) is 0 Å². The van der Waals surface area contributed by atoms with Crippen LogP contribution in [0.5, 0.6) is 5.75 Å². The second-order valence-corrected chi connectivity index (χ2v) is 7.80. The van der Waals surface area contributed by atoms with Gasteiger partial charge in [0.15, 0.2) is 0 Å². The second kappa shape index (κ2) is 7.85. The Morgan fingerprint density at radius 3 is 2.62 bits per heavy atom. The first kappa shape index (κ1) is 19.4. The van der Waals surface area contributed by atoms with Gasteiger partial charge in [-0.15, -0.1) is 0 Å². The molecule has 4 aromatic rings. The Morgan fingerprint density at radius 2 is 1.93 bits per heavy atom. The number of carbonyl (C=O) groups is 1. The van der Waals surface area contributed by atoms with Crippen LogP contribution in [0.3, 0.4) is 0 Å². The van der Waals surface area contributed by atoms with Gasteiger partial charge in [0.1, 0.15) is 23.7 Å². The molecule has 0 spiro atoms. The van der Waals surface area contributed by atoms with Crippen molar-refractivity contribution in [2.24, 2.45) is 0 Å². The largest absolute Gasteiger partial charge is 0.487 e. The Kier molecular flexibility index (Phi) is 5.26. The molecule has 1 N–H and O–H groups in total. The van der Waals surface area contributed by atoms with Gasteiger partial charge in [0, 0.05) is 10.9 Å². The number of fused-ring (bicyclic) bond motifs is 1. The minimum atomic E-state index is -1.11. The minimum Gasteiger partial charge on any atom is -0.487 e. The topological polar surface area (TPSA) is 46.5 Å². The predicted molar refractivity (Wildman–Crippen MR) is 115 cm³/mol. The normalized spacial score (nSPS) is 11.0. The van der Waals surface area contributed by atoms with Gasteiger partial charge in [-0.2, -0.15) is 11.3 Å². The van der Waals surface area contributed by atoms with Crippen LogP contribution in [0, 0.1) is 12.7 Å². The third kappa shape index (κ3) is 3.59. The molecule has 6 heteroatoms. The van der Waals surface area contributed by atoms with E-state index in [2.05, 4.69) is 0 Å². The fourth-order valence-electron chi connectivity index (χ4n) is 3.31. The number of carboxylic acids is 1. The molecule has 0 bridgehead atoms. The Hall–Kier alpha value is -2.89. The summed E-state index contributed by atoms with van der Waals surface area (Å²) >= 11 is 7.68. The van der Waals surface area contributed by atoms with E-state index in [1.807, 2.05) is 35.0 Å². The van der Waals surface area contributed by atoms with Crippen LogP contribution in [-0.2, 0) is 6.61 Å². The number of rotatable bonds is 5. The lowest BCUT2D eigenvalue weighted by Gasteiger charge is -2.16. The zero-order chi connectivity index (χ0) is 20.5. The summed E-state index contributed by atoms with van der Waals surface area (Å²) in [4.78, 5) is 12.0. The molecular formula is C23H16ClFO3S. The maximum Gasteiger partial charge on any atom is 0.339 e. The maximum absolute atomic E-state index is 14.5. The molecule has 3 nitrogen and oxygen atoms in total. The van der Waals surface area contributed by atoms with Gasteiger partial charge in [-0.05, 0) is 58.0 Å². The molecule has 0 atom stereocenters. The van der Waals surface area contributed by atoms with Crippen molar-refractivity contribution in [3.05, 3.63) is 86.8 Å². The first-order chi connectivity index (χ1) is 14.0. The van der Waals surface area contributed by atoms with Crippen LogP contribution in [0.1, 0.15) is 21.5 Å². The summed E-state index contributed by atoms with van der Waals surface area (Å²) in [6.45, 7) is 1.47. The van der Waals surface area contributed by atoms with E-state index in [0.717, 1.165) is 16.5 Å². The highest BCUT2D eigenvalue weighted by Gasteiger charge is 2.20. The highest BCUT2D eigenvalue weighted by molar-refractivity contribution is 7.08. The van der Waals surface area contributed by atoms with Gasteiger partial charge < -0.3 is 9.84 Å². The van der Waals surface area contributed by atoms with Crippen LogP contribution in [0.15, 0.2) is 59.3 Å². The average Bonchev–Trinajstić information content (AvgIpc) is 3.25. The maximum atomic E-state index is 14.5. The molecule has 0 radical (unpaired) electrons. The molecule has 29 heavy (non-hydrogen) atoms. The standard InChI is InChI=1S/C23H16ClFO3S/c1-13-6-7-20(24)19(21(13)25)11-28-22-16-5-3-2-4-15(16)17(10-18(22)23(26)27)14-8-9-29-12-14/h2-10,12H,11H2,1H3,(H,26,27). The number of benzene rings is 3. The summed E-state index contributed by atoms with van der Waals surface area (Å²) in [5.74, 6) is -1.37. The molecule has 0 saturated carbocycles. The first-order valence-corrected chi connectivity index (χ1v) is 10.2. The number of hydrogen-bond donors (Lipinski definition) is 1. The first-order valence-electron chi connectivity index (χ1n) is 8.85. The number of aromatic carboxylic acids is 1. The highest BCUT2D eigenvalue weighted by atomic mass is 35.5. The van der Waals surface area contributed by atoms with Crippen LogP contribution >= 0.6 is 22.9 Å². The van der Waals surface area contributed by atoms with E-state index in [0.29, 0.717) is 10.9 Å². The number of aryl methyl sites for hydroxylation is 1. The fraction of sp³-hybridized carbons (Fsp3) is 0.0870. The van der Waals surface area contributed by atoms with E-state index in [9.17, 15) is 14.3 Å². The van der Waals surface area contributed by atoms with Gasteiger partial charge in [-0.3, -0.25) is 0 Å². The smallest absolute Gasteiger partial charge is 0.339 e. The van der Waals surface area contributed by atoms with E-state index >= 15 is 0 Å². The molecule has 3 aromatic carbocycles. The van der Waals surface area contributed by atoms with Crippen LogP contribution in [0.25, 0.3) is 21.9 Å². The molecule has 0 aliphatic carbocycles. The molecule has 0 fully saturated rings. The van der Waals surface area contributed by atoms with E-state index in [-0.39, 0.29) is 28.5 Å². The Morgan fingerprint density at radius 1 is 1.17 bits per heavy atom. The quantitative estimate of drug-likeness (QED) is 0.375. The van der Waals surface area contributed by atoms with Gasteiger partial charge in [-0.1, -0.05) is 41.9 Å². The summed E-state index contributed by atoms with van der Waals surface area (Å²) in [7, 11) is 0. The van der Waals surface area contributed by atoms with Crippen molar-refractivity contribution >= 4 is 39.7 Å². The molecule has 146 valence electrons. The monoisotopic (exact) mass is 426 g/mol. The molecule has 0 amide bonds. The average molecular weight is 427 g/mol. The molecular weight excluding hydrogens is 411 g/mol. The number of thiophene rings is 1. The zero-order valence-corrected chi connectivity index (χ0v) is 17.0. The molecule has 0 aliphatic rings. The van der Waals surface area contributed by atoms with Crippen molar-refractivity contribution in [2.75, 3.05) is 0 Å². The summed E-state index contributed by atoms with van der Waals surface area (Å²) in [5.41, 5.74) is 2.42. The van der Waals surface area contributed by atoms with Crippen molar-refractivity contribution in [3.63, 3.8) is 0 Å². The van der Waals surface area contributed by atoms with E-state index < -0.39 is 11.8 Å². The van der Waals surface area contributed by atoms with E-state index in [1.54, 1.807) is 31.2 Å². The molecule has 1 heterocycles. The summed E-state index contributed by atoms with van der Waals surface area (Å²) in [5, 5.41) is 15.5. The zero-order valence-electron chi connectivity index (χ0n) is 15.4. The van der Waals surface area contributed by atoms with Crippen LogP contribution in [-0.4, -0.2) is 11.1 Å². The van der Waals surface area contributed by atoms with E-state index in [4.69, 9.17) is 16.3 Å². The second-order valence-electron chi connectivity index (χ2n) is 6.61. The molecule has 1 aromatic heterocycles. The Labute approximate surface area is 176 Å². The van der Waals surface area contributed by atoms with Crippen LogP contribution < -0.4 is 4.74 Å². The summed E-state index contributed by atoms with van der Waals surface area (Å²) in [6, 6.07) is 14.2. The third-order valence-corrected chi connectivity index (χ3v) is 5.84. The number of carboxylic acid groups (broad SMARTS) is 1. The number of hydrogen-bond acceptors (Lipinski definition) is 3. The van der Waals surface area contributed by atoms with Gasteiger partial charge in [0.2, 0.25) is 0 Å². The predicted octanol–water partition coefficient (Wildman–Crippen LogP) is 6.95. The third-order valence-electron chi connectivity index (χ3n) is 4.80. The Bertz CT molecular complexity index is 1220. The van der Waals surface area contributed by atoms with E-state index in [1.165, 1.54) is 11.3 Å². The van der Waals surface area contributed by atoms with Crippen molar-refractivity contribution < 1.29 is 19.0 Å². The van der Waals surface area contributed by atoms with Gasteiger partial charge in [0.25, 0.3) is 0 Å². The number of halogens is 2. The van der Waals surface area contributed by atoms with Crippen molar-refractivity contribution in [2.45, 2.75) is 13.5 Å². The lowest BCUT2D eigenvalue weighted by atomic mass is 9.96. The lowest BCUT2D eigenvalue weighted by Crippen LogP contribution is -2.07. The van der Waals surface area contributed by atoms with Crippen LogP contribution in [0.4, 0.5) is 4.39 Å². The van der Waals surface area contributed by atoms with Crippen molar-refractivity contribution in [1.82, 2.24) is 0 Å². The fourth-order valence-corrected chi connectivity index (χ4v) is 4.17. The van der Waals surface area contributed by atoms with Crippen molar-refractivity contribution in [3.8, 4) is 16.9 Å².